The van der Waals surface area contributed by atoms with Crippen LogP contribution < -0.4 is 14.8 Å². The lowest BCUT2D eigenvalue weighted by Crippen LogP contribution is -2.42. The van der Waals surface area contributed by atoms with E-state index in [0.717, 1.165) is 30.7 Å². The summed E-state index contributed by atoms with van der Waals surface area (Å²) in [7, 11) is 0. The zero-order chi connectivity index (χ0) is 18.1. The molecule has 2 aliphatic rings. The normalized spacial score (nSPS) is 20.8. The standard InChI is InChI=1S/C19H20N4O3/c1-2-15-5-6-23-18(26-15)9-16(22-23)19(24)21-14-8-13-7-12(10-20)3-4-17(13)25-11-14/h3-4,7,9,14-15H,2,5-6,8,11H2,1H3,(H,21,24)/t14-,15?/m1/s1. The number of amides is 1. The van der Waals surface area contributed by atoms with Crippen LogP contribution in [0.15, 0.2) is 24.3 Å². The Labute approximate surface area is 151 Å². The molecule has 1 aromatic heterocycles. The van der Waals surface area contributed by atoms with Crippen LogP contribution in [-0.4, -0.2) is 34.4 Å². The van der Waals surface area contributed by atoms with Crippen LogP contribution in [0.25, 0.3) is 0 Å². The molecule has 1 aromatic carbocycles. The highest BCUT2D eigenvalue weighted by atomic mass is 16.5. The fourth-order valence-electron chi connectivity index (χ4n) is 3.37. The molecular formula is C19H20N4O3. The summed E-state index contributed by atoms with van der Waals surface area (Å²) < 4.78 is 13.3. The maximum absolute atomic E-state index is 12.6. The molecule has 1 amide bonds. The number of nitriles is 1. The number of benzene rings is 1. The van der Waals surface area contributed by atoms with E-state index < -0.39 is 0 Å². The number of carbonyl (C=O) groups excluding carboxylic acids is 1. The third-order valence-corrected chi connectivity index (χ3v) is 4.81. The third-order valence-electron chi connectivity index (χ3n) is 4.81. The van der Waals surface area contributed by atoms with Gasteiger partial charge in [-0.15, -0.1) is 0 Å². The maximum atomic E-state index is 12.6. The van der Waals surface area contributed by atoms with E-state index >= 15 is 0 Å². The van der Waals surface area contributed by atoms with Gasteiger partial charge in [-0.05, 0) is 36.6 Å². The molecule has 0 saturated heterocycles. The molecule has 0 bridgehead atoms. The summed E-state index contributed by atoms with van der Waals surface area (Å²) in [4.78, 5) is 12.6. The first-order valence-electron chi connectivity index (χ1n) is 8.87. The van der Waals surface area contributed by atoms with Crippen molar-refractivity contribution in [1.82, 2.24) is 15.1 Å². The Kier molecular flexibility index (Phi) is 4.25. The predicted octanol–water partition coefficient (Wildman–Crippen LogP) is 2.05. The molecule has 7 heteroatoms. The van der Waals surface area contributed by atoms with Crippen molar-refractivity contribution in [1.29, 1.82) is 5.26 Å². The van der Waals surface area contributed by atoms with E-state index in [4.69, 9.17) is 14.7 Å². The third kappa shape index (κ3) is 3.10. The molecular weight excluding hydrogens is 332 g/mol. The number of nitrogens with one attached hydrogen (secondary N) is 1. The van der Waals surface area contributed by atoms with Gasteiger partial charge < -0.3 is 14.8 Å². The molecule has 0 spiro atoms. The van der Waals surface area contributed by atoms with Crippen LogP contribution >= 0.6 is 0 Å². The number of hydrogen-bond donors (Lipinski definition) is 1. The zero-order valence-corrected chi connectivity index (χ0v) is 14.6. The van der Waals surface area contributed by atoms with Crippen LogP contribution in [0.5, 0.6) is 11.6 Å². The Morgan fingerprint density at radius 2 is 2.35 bits per heavy atom. The molecule has 0 saturated carbocycles. The minimum Gasteiger partial charge on any atom is -0.491 e. The molecule has 2 aliphatic heterocycles. The van der Waals surface area contributed by atoms with E-state index in [0.29, 0.717) is 30.2 Å². The van der Waals surface area contributed by atoms with Crippen molar-refractivity contribution in [3.8, 4) is 17.7 Å². The van der Waals surface area contributed by atoms with Gasteiger partial charge in [0.2, 0.25) is 5.88 Å². The Morgan fingerprint density at radius 1 is 1.46 bits per heavy atom. The van der Waals surface area contributed by atoms with Crippen LogP contribution in [0.3, 0.4) is 0 Å². The van der Waals surface area contributed by atoms with Crippen molar-refractivity contribution in [2.75, 3.05) is 6.61 Å². The van der Waals surface area contributed by atoms with Crippen LogP contribution in [0, 0.1) is 11.3 Å². The first kappa shape index (κ1) is 16.5. The summed E-state index contributed by atoms with van der Waals surface area (Å²) in [5.41, 5.74) is 1.87. The Hall–Kier alpha value is -3.01. The molecule has 26 heavy (non-hydrogen) atoms. The minimum absolute atomic E-state index is 0.160. The van der Waals surface area contributed by atoms with Crippen LogP contribution in [-0.2, 0) is 13.0 Å². The van der Waals surface area contributed by atoms with Gasteiger partial charge in [0, 0.05) is 19.0 Å². The predicted molar refractivity (Wildman–Crippen MR) is 93.2 cm³/mol. The van der Waals surface area contributed by atoms with Gasteiger partial charge in [-0.25, -0.2) is 4.68 Å². The van der Waals surface area contributed by atoms with Gasteiger partial charge >= 0.3 is 0 Å². The molecule has 1 N–H and O–H groups in total. The molecule has 2 atom stereocenters. The van der Waals surface area contributed by atoms with Gasteiger partial charge in [-0.2, -0.15) is 10.4 Å². The molecule has 7 nitrogen and oxygen atoms in total. The van der Waals surface area contributed by atoms with E-state index in [1.165, 1.54) is 0 Å². The Morgan fingerprint density at radius 3 is 3.15 bits per heavy atom. The average molecular weight is 352 g/mol. The summed E-state index contributed by atoms with van der Waals surface area (Å²) in [6.45, 7) is 3.24. The monoisotopic (exact) mass is 352 g/mol. The highest BCUT2D eigenvalue weighted by Crippen LogP contribution is 2.26. The Balaban J connectivity index is 1.44. The van der Waals surface area contributed by atoms with Crippen molar-refractivity contribution < 1.29 is 14.3 Å². The molecule has 0 fully saturated rings. The summed E-state index contributed by atoms with van der Waals surface area (Å²) >= 11 is 0. The molecule has 1 unspecified atom stereocenters. The van der Waals surface area contributed by atoms with Gasteiger partial charge in [0.05, 0.1) is 17.7 Å². The first-order valence-corrected chi connectivity index (χ1v) is 8.87. The Bertz CT molecular complexity index is 883. The van der Waals surface area contributed by atoms with Gasteiger partial charge in [0.25, 0.3) is 5.91 Å². The van der Waals surface area contributed by atoms with Crippen molar-refractivity contribution in [2.24, 2.45) is 0 Å². The number of rotatable bonds is 3. The van der Waals surface area contributed by atoms with Crippen molar-refractivity contribution in [3.63, 3.8) is 0 Å². The van der Waals surface area contributed by atoms with Crippen LogP contribution in [0.2, 0.25) is 0 Å². The van der Waals surface area contributed by atoms with Gasteiger partial charge in [0.15, 0.2) is 5.69 Å². The smallest absolute Gasteiger partial charge is 0.272 e. The van der Waals surface area contributed by atoms with Crippen molar-refractivity contribution in [2.45, 2.75) is 44.9 Å². The lowest BCUT2D eigenvalue weighted by atomic mass is 10.0. The number of nitrogens with zero attached hydrogens (tertiary/aromatic N) is 3. The van der Waals surface area contributed by atoms with Gasteiger partial charge in [-0.1, -0.05) is 6.92 Å². The lowest BCUT2D eigenvalue weighted by molar-refractivity contribution is 0.0909. The number of fused-ring (bicyclic) bond motifs is 2. The SMILES string of the molecule is CCC1CCn2nc(C(=O)N[C@H]3COc4ccc(C#N)cc4C3)cc2O1. The molecule has 134 valence electrons. The second-order valence-electron chi connectivity index (χ2n) is 6.65. The lowest BCUT2D eigenvalue weighted by Gasteiger charge is -2.25. The summed E-state index contributed by atoms with van der Waals surface area (Å²) in [6, 6.07) is 9.00. The van der Waals surface area contributed by atoms with E-state index in [1.54, 1.807) is 22.9 Å². The zero-order valence-electron chi connectivity index (χ0n) is 14.6. The quantitative estimate of drug-likeness (QED) is 0.913. The highest BCUT2D eigenvalue weighted by molar-refractivity contribution is 5.92. The highest BCUT2D eigenvalue weighted by Gasteiger charge is 2.26. The number of aryl methyl sites for hydroxylation is 1. The minimum atomic E-state index is -0.239. The molecule has 2 aromatic rings. The second kappa shape index (κ2) is 6.71. The summed E-state index contributed by atoms with van der Waals surface area (Å²) in [6.07, 6.45) is 2.66. The molecule has 0 aliphatic carbocycles. The number of ether oxygens (including phenoxy) is 2. The largest absolute Gasteiger partial charge is 0.491 e. The van der Waals surface area contributed by atoms with Gasteiger partial charge in [-0.3, -0.25) is 4.79 Å². The maximum Gasteiger partial charge on any atom is 0.272 e. The van der Waals surface area contributed by atoms with E-state index in [2.05, 4.69) is 23.4 Å². The second-order valence-corrected chi connectivity index (χ2v) is 6.65. The van der Waals surface area contributed by atoms with Crippen LogP contribution in [0.4, 0.5) is 0 Å². The number of aromatic nitrogens is 2. The number of carbonyl (C=O) groups is 1. The van der Waals surface area contributed by atoms with Crippen molar-refractivity contribution >= 4 is 5.91 Å². The van der Waals surface area contributed by atoms with E-state index in [9.17, 15) is 4.79 Å². The van der Waals surface area contributed by atoms with Crippen molar-refractivity contribution in [3.05, 3.63) is 41.1 Å². The molecule has 4 rings (SSSR count). The molecule has 0 radical (unpaired) electrons. The number of hydrogen-bond acceptors (Lipinski definition) is 5. The molecule has 3 heterocycles. The summed E-state index contributed by atoms with van der Waals surface area (Å²) in [5.74, 6) is 1.18. The topological polar surface area (TPSA) is 89.2 Å². The fourth-order valence-corrected chi connectivity index (χ4v) is 3.37. The van der Waals surface area contributed by atoms with Crippen LogP contribution in [0.1, 0.15) is 41.4 Å². The fraction of sp³-hybridized carbons (Fsp3) is 0.421. The summed E-state index contributed by atoms with van der Waals surface area (Å²) in [5, 5.41) is 16.4. The average Bonchev–Trinajstić information content (AvgIpc) is 3.10. The first-order chi connectivity index (χ1) is 12.7. The van der Waals surface area contributed by atoms with Gasteiger partial charge in [0.1, 0.15) is 18.5 Å². The van der Waals surface area contributed by atoms with E-state index in [1.807, 2.05) is 6.07 Å². The van der Waals surface area contributed by atoms with E-state index in [-0.39, 0.29) is 18.1 Å².